The lowest BCUT2D eigenvalue weighted by atomic mass is 9.88. The van der Waals surface area contributed by atoms with Gasteiger partial charge in [0, 0.05) is 47.1 Å². The summed E-state index contributed by atoms with van der Waals surface area (Å²) in [5.41, 5.74) is 2.82. The first kappa shape index (κ1) is 23.5. The number of carbonyl (C=O) groups is 1. The zero-order valence-corrected chi connectivity index (χ0v) is 19.5. The van der Waals surface area contributed by atoms with E-state index in [1.807, 2.05) is 20.0 Å². The average molecular weight is 432 g/mol. The van der Waals surface area contributed by atoms with E-state index in [0.29, 0.717) is 23.3 Å². The number of nitrogens with one attached hydrogen (secondary N) is 2. The lowest BCUT2D eigenvalue weighted by Gasteiger charge is -2.34. The molecule has 1 fully saturated rings. The zero-order chi connectivity index (χ0) is 23.0. The van der Waals surface area contributed by atoms with Crippen molar-refractivity contribution < 1.29 is 13.6 Å². The molecule has 1 aromatic heterocycles. The number of benzene rings is 1. The average Bonchev–Trinajstić information content (AvgIpc) is 3.05. The van der Waals surface area contributed by atoms with Crippen molar-refractivity contribution in [3.63, 3.8) is 0 Å². The van der Waals surface area contributed by atoms with Gasteiger partial charge < -0.3 is 15.2 Å². The van der Waals surface area contributed by atoms with Gasteiger partial charge in [-0.25, -0.2) is 8.78 Å². The Balaban J connectivity index is 1.91. The van der Waals surface area contributed by atoms with E-state index in [0.717, 1.165) is 44.0 Å². The minimum Gasteiger partial charge on any atom is -0.345 e. The number of hydrogen-bond acceptors (Lipinski definition) is 2. The van der Waals surface area contributed by atoms with E-state index >= 15 is 0 Å². The van der Waals surface area contributed by atoms with Crippen molar-refractivity contribution in [3.8, 4) is 0 Å². The molecule has 1 aromatic carbocycles. The van der Waals surface area contributed by atoms with E-state index in [2.05, 4.69) is 36.0 Å². The molecule has 1 heterocycles. The number of carbonyl (C=O) groups excluding carboxylic acids is 1. The maximum atomic E-state index is 13.7. The summed E-state index contributed by atoms with van der Waals surface area (Å²) in [6.45, 7) is 9.32. The number of hydrogen-bond donors (Lipinski definition) is 2. The van der Waals surface area contributed by atoms with Gasteiger partial charge in [0.15, 0.2) is 0 Å². The second-order valence-electron chi connectivity index (χ2n) is 9.87. The molecule has 6 heteroatoms. The van der Waals surface area contributed by atoms with Crippen molar-refractivity contribution in [3.05, 3.63) is 52.8 Å². The standard InChI is InChI=1S/C25H35F2N3O/c1-16-21(23(31)29-19-9-7-8-17(14-19)25(5,26)27)15-22(24(2,3)4)30(16)20-12-10-18(28-6)11-13-20/h7-9,14-15,18,20,28H,10-13H2,1-6H3,(H,29,31). The second-order valence-corrected chi connectivity index (χ2v) is 9.87. The number of alkyl halides is 2. The minimum absolute atomic E-state index is 0.115. The van der Waals surface area contributed by atoms with Crippen LogP contribution in [0.5, 0.6) is 0 Å². The molecule has 0 saturated heterocycles. The molecule has 1 aliphatic rings. The number of aromatic nitrogens is 1. The highest BCUT2D eigenvalue weighted by atomic mass is 19.3. The first-order chi connectivity index (χ1) is 14.4. The van der Waals surface area contributed by atoms with Gasteiger partial charge in [0.05, 0.1) is 5.56 Å². The van der Waals surface area contributed by atoms with Crippen LogP contribution in [0, 0.1) is 6.92 Å². The molecule has 0 unspecified atom stereocenters. The molecule has 170 valence electrons. The molecular weight excluding hydrogens is 396 g/mol. The topological polar surface area (TPSA) is 46.1 Å². The van der Waals surface area contributed by atoms with Gasteiger partial charge in [0.1, 0.15) is 0 Å². The third kappa shape index (κ3) is 5.17. The molecule has 2 aromatic rings. The third-order valence-corrected chi connectivity index (χ3v) is 6.40. The van der Waals surface area contributed by atoms with Gasteiger partial charge in [0.25, 0.3) is 11.8 Å². The van der Waals surface area contributed by atoms with Crippen molar-refractivity contribution in [2.75, 3.05) is 12.4 Å². The van der Waals surface area contributed by atoms with Gasteiger partial charge in [-0.3, -0.25) is 4.79 Å². The predicted octanol–water partition coefficient (Wildman–Crippen LogP) is 6.16. The molecule has 0 atom stereocenters. The SMILES string of the molecule is CNC1CCC(n2c(C(C)(C)C)cc(C(=O)Nc3cccc(C(C)(F)F)c3)c2C)CC1. The Hall–Kier alpha value is -2.21. The van der Waals surface area contributed by atoms with Crippen LogP contribution in [0.2, 0.25) is 0 Å². The van der Waals surface area contributed by atoms with Crippen LogP contribution >= 0.6 is 0 Å². The molecule has 1 saturated carbocycles. The van der Waals surface area contributed by atoms with Crippen LogP contribution in [0.25, 0.3) is 0 Å². The number of rotatable bonds is 5. The van der Waals surface area contributed by atoms with Gasteiger partial charge in [0.2, 0.25) is 0 Å². The van der Waals surface area contributed by atoms with Crippen LogP contribution < -0.4 is 10.6 Å². The van der Waals surface area contributed by atoms with Gasteiger partial charge in [-0.1, -0.05) is 32.9 Å². The number of halogens is 2. The number of nitrogens with zero attached hydrogens (tertiary/aromatic N) is 1. The van der Waals surface area contributed by atoms with Crippen LogP contribution in [0.4, 0.5) is 14.5 Å². The Kier molecular flexibility index (Phi) is 6.61. The highest BCUT2D eigenvalue weighted by molar-refractivity contribution is 6.05. The van der Waals surface area contributed by atoms with E-state index < -0.39 is 5.92 Å². The third-order valence-electron chi connectivity index (χ3n) is 6.40. The first-order valence-electron chi connectivity index (χ1n) is 11.1. The molecule has 3 rings (SSSR count). The number of anilines is 1. The molecule has 1 amide bonds. The maximum absolute atomic E-state index is 13.7. The Morgan fingerprint density at radius 3 is 2.26 bits per heavy atom. The largest absolute Gasteiger partial charge is 0.345 e. The summed E-state index contributed by atoms with van der Waals surface area (Å²) in [5, 5.41) is 6.20. The molecule has 2 N–H and O–H groups in total. The van der Waals surface area contributed by atoms with Gasteiger partial charge in [-0.15, -0.1) is 0 Å². The molecule has 31 heavy (non-hydrogen) atoms. The van der Waals surface area contributed by atoms with Gasteiger partial charge >= 0.3 is 0 Å². The van der Waals surface area contributed by atoms with Crippen molar-refractivity contribution in [2.45, 2.75) is 83.7 Å². The van der Waals surface area contributed by atoms with E-state index in [-0.39, 0.29) is 16.9 Å². The fourth-order valence-corrected chi connectivity index (χ4v) is 4.59. The lowest BCUT2D eigenvalue weighted by Crippen LogP contribution is -2.32. The Morgan fingerprint density at radius 1 is 1.06 bits per heavy atom. The Bertz CT molecular complexity index is 929. The summed E-state index contributed by atoms with van der Waals surface area (Å²) in [7, 11) is 2.01. The first-order valence-corrected chi connectivity index (χ1v) is 11.1. The summed E-state index contributed by atoms with van der Waals surface area (Å²) in [5.74, 6) is -3.21. The van der Waals surface area contributed by atoms with Crippen LogP contribution in [-0.4, -0.2) is 23.6 Å². The van der Waals surface area contributed by atoms with E-state index in [4.69, 9.17) is 0 Å². The fraction of sp³-hybridized carbons (Fsp3) is 0.560. The smallest absolute Gasteiger partial charge is 0.270 e. The number of amides is 1. The summed E-state index contributed by atoms with van der Waals surface area (Å²) >= 11 is 0. The second kappa shape index (κ2) is 8.73. The summed E-state index contributed by atoms with van der Waals surface area (Å²) in [6.07, 6.45) is 4.36. The quantitative estimate of drug-likeness (QED) is 0.595. The molecule has 4 nitrogen and oxygen atoms in total. The lowest BCUT2D eigenvalue weighted by molar-refractivity contribution is 0.0175. The minimum atomic E-state index is -2.95. The summed E-state index contributed by atoms with van der Waals surface area (Å²) in [4.78, 5) is 13.1. The molecule has 0 radical (unpaired) electrons. The highest BCUT2D eigenvalue weighted by Crippen LogP contribution is 2.37. The predicted molar refractivity (Wildman–Crippen MR) is 122 cm³/mol. The summed E-state index contributed by atoms with van der Waals surface area (Å²) < 4.78 is 29.7. The van der Waals surface area contributed by atoms with Crippen molar-refractivity contribution in [2.24, 2.45) is 0 Å². The van der Waals surface area contributed by atoms with E-state index in [1.165, 1.54) is 12.1 Å². The van der Waals surface area contributed by atoms with E-state index in [9.17, 15) is 13.6 Å². The molecule has 0 bridgehead atoms. The molecular formula is C25H35F2N3O. The molecule has 1 aliphatic carbocycles. The highest BCUT2D eigenvalue weighted by Gasteiger charge is 2.31. The maximum Gasteiger partial charge on any atom is 0.270 e. The summed E-state index contributed by atoms with van der Waals surface area (Å²) in [6, 6.07) is 8.79. The van der Waals surface area contributed by atoms with Gasteiger partial charge in [-0.2, -0.15) is 0 Å². The Morgan fingerprint density at radius 2 is 1.71 bits per heavy atom. The normalized spacial score (nSPS) is 20.0. The monoisotopic (exact) mass is 431 g/mol. The zero-order valence-electron chi connectivity index (χ0n) is 19.5. The fourth-order valence-electron chi connectivity index (χ4n) is 4.59. The van der Waals surface area contributed by atoms with Crippen LogP contribution in [0.1, 0.15) is 86.7 Å². The van der Waals surface area contributed by atoms with Crippen LogP contribution in [0.15, 0.2) is 30.3 Å². The molecule has 0 aliphatic heterocycles. The van der Waals surface area contributed by atoms with Crippen molar-refractivity contribution >= 4 is 11.6 Å². The van der Waals surface area contributed by atoms with Crippen LogP contribution in [0.3, 0.4) is 0 Å². The van der Waals surface area contributed by atoms with E-state index in [1.54, 1.807) is 12.1 Å². The van der Waals surface area contributed by atoms with Crippen molar-refractivity contribution in [1.82, 2.24) is 9.88 Å². The Labute approximate surface area is 184 Å². The van der Waals surface area contributed by atoms with Crippen LogP contribution in [-0.2, 0) is 11.3 Å². The molecule has 0 spiro atoms. The van der Waals surface area contributed by atoms with Crippen molar-refractivity contribution in [1.29, 1.82) is 0 Å². The van der Waals surface area contributed by atoms with Gasteiger partial charge in [-0.05, 0) is 57.9 Å².